The van der Waals surface area contributed by atoms with E-state index in [9.17, 15) is 21.9 Å². The normalized spacial score (nSPS) is 25.4. The van der Waals surface area contributed by atoms with Crippen LogP contribution in [-0.2, 0) is 19.9 Å². The molecule has 1 aliphatic heterocycles. The Labute approximate surface area is 125 Å². The van der Waals surface area contributed by atoms with Gasteiger partial charge in [0.15, 0.2) is 9.84 Å². The number of rotatable bonds is 3. The van der Waals surface area contributed by atoms with Crippen LogP contribution in [0.3, 0.4) is 0 Å². The van der Waals surface area contributed by atoms with Crippen LogP contribution in [0.15, 0.2) is 23.1 Å². The van der Waals surface area contributed by atoms with Crippen molar-refractivity contribution in [1.29, 1.82) is 0 Å². The number of aryl methyl sites for hydroxylation is 2. The van der Waals surface area contributed by atoms with Gasteiger partial charge in [0.05, 0.1) is 28.5 Å². The quantitative estimate of drug-likeness (QED) is 0.846. The summed E-state index contributed by atoms with van der Waals surface area (Å²) >= 11 is 0. The van der Waals surface area contributed by atoms with Crippen molar-refractivity contribution in [1.82, 2.24) is 4.31 Å². The highest BCUT2D eigenvalue weighted by Gasteiger charge is 2.43. The van der Waals surface area contributed by atoms with Crippen molar-refractivity contribution in [2.45, 2.75) is 30.9 Å². The maximum atomic E-state index is 12.6. The van der Waals surface area contributed by atoms with Crippen molar-refractivity contribution in [2.24, 2.45) is 0 Å². The number of likely N-dealkylation sites (N-methyl/N-ethyl adjacent to an activating group) is 1. The average Bonchev–Trinajstić information content (AvgIpc) is 2.61. The lowest BCUT2D eigenvalue weighted by molar-refractivity contribution is 0.137. The number of aliphatic hydroxyl groups excluding tert-OH is 1. The van der Waals surface area contributed by atoms with Gasteiger partial charge in [-0.1, -0.05) is 17.7 Å². The number of hydrogen-bond acceptors (Lipinski definition) is 5. The Kier molecular flexibility index (Phi) is 4.18. The summed E-state index contributed by atoms with van der Waals surface area (Å²) < 4.78 is 49.3. The van der Waals surface area contributed by atoms with E-state index in [1.165, 1.54) is 13.1 Å². The van der Waals surface area contributed by atoms with Crippen LogP contribution in [0.4, 0.5) is 0 Å². The fraction of sp³-hybridized carbons (Fsp3) is 0.538. The molecule has 2 rings (SSSR count). The highest BCUT2D eigenvalue weighted by molar-refractivity contribution is 7.92. The summed E-state index contributed by atoms with van der Waals surface area (Å²) in [5.41, 5.74) is 1.54. The second kappa shape index (κ2) is 5.35. The SMILES string of the molecule is Cc1ccc(S(=O)(=O)N(C)[C@H]2CS(=O)(=O)C[C@@H]2O)c(C)c1. The molecular weight excluding hydrogens is 314 g/mol. The zero-order chi connectivity index (χ0) is 16.0. The van der Waals surface area contributed by atoms with Gasteiger partial charge in [-0.15, -0.1) is 0 Å². The van der Waals surface area contributed by atoms with E-state index in [0.717, 1.165) is 9.87 Å². The Morgan fingerprint density at radius 2 is 1.86 bits per heavy atom. The van der Waals surface area contributed by atoms with Crippen LogP contribution < -0.4 is 0 Å². The highest BCUT2D eigenvalue weighted by atomic mass is 32.2. The molecule has 118 valence electrons. The first-order valence-corrected chi connectivity index (χ1v) is 9.74. The van der Waals surface area contributed by atoms with Crippen molar-refractivity contribution < 1.29 is 21.9 Å². The maximum absolute atomic E-state index is 12.6. The predicted molar refractivity (Wildman–Crippen MR) is 79.3 cm³/mol. The molecule has 1 heterocycles. The third-order valence-electron chi connectivity index (χ3n) is 3.75. The number of aliphatic hydroxyl groups is 1. The molecular formula is C13H19NO5S2. The Morgan fingerprint density at radius 3 is 2.33 bits per heavy atom. The van der Waals surface area contributed by atoms with Crippen LogP contribution in [0.1, 0.15) is 11.1 Å². The van der Waals surface area contributed by atoms with Gasteiger partial charge in [-0.05, 0) is 25.5 Å². The summed E-state index contributed by atoms with van der Waals surface area (Å²) in [4.78, 5) is 0.132. The van der Waals surface area contributed by atoms with Crippen LogP contribution in [0.5, 0.6) is 0 Å². The Balaban J connectivity index is 2.40. The number of sulfone groups is 1. The largest absolute Gasteiger partial charge is 0.390 e. The molecule has 21 heavy (non-hydrogen) atoms. The molecule has 1 aromatic rings. The third kappa shape index (κ3) is 3.13. The molecule has 1 fully saturated rings. The topological polar surface area (TPSA) is 91.8 Å². The molecule has 1 aliphatic rings. The van der Waals surface area contributed by atoms with E-state index in [-0.39, 0.29) is 10.6 Å². The van der Waals surface area contributed by atoms with Gasteiger partial charge in [0.25, 0.3) is 0 Å². The molecule has 0 aliphatic carbocycles. The minimum absolute atomic E-state index is 0.132. The Hall–Kier alpha value is -0.960. The Morgan fingerprint density at radius 1 is 1.24 bits per heavy atom. The first-order chi connectivity index (χ1) is 9.54. The Bertz CT molecular complexity index is 755. The van der Waals surface area contributed by atoms with Gasteiger partial charge >= 0.3 is 0 Å². The minimum atomic E-state index is -3.84. The van der Waals surface area contributed by atoms with Gasteiger partial charge in [-0.2, -0.15) is 4.31 Å². The van der Waals surface area contributed by atoms with E-state index in [4.69, 9.17) is 0 Å². The maximum Gasteiger partial charge on any atom is 0.243 e. The van der Waals surface area contributed by atoms with Crippen molar-refractivity contribution in [3.05, 3.63) is 29.3 Å². The summed E-state index contributed by atoms with van der Waals surface area (Å²) in [6.45, 7) is 3.55. The van der Waals surface area contributed by atoms with E-state index < -0.39 is 37.8 Å². The molecule has 1 aromatic carbocycles. The summed E-state index contributed by atoms with van der Waals surface area (Å²) in [6.07, 6.45) is -1.19. The van der Waals surface area contributed by atoms with Crippen LogP contribution in [0, 0.1) is 13.8 Å². The summed E-state index contributed by atoms with van der Waals surface area (Å²) in [7, 11) is -5.94. The van der Waals surface area contributed by atoms with Crippen molar-refractivity contribution in [3.63, 3.8) is 0 Å². The second-order valence-electron chi connectivity index (χ2n) is 5.50. The molecule has 0 saturated carbocycles. The van der Waals surface area contributed by atoms with Crippen molar-refractivity contribution in [3.8, 4) is 0 Å². The first-order valence-electron chi connectivity index (χ1n) is 6.48. The van der Waals surface area contributed by atoms with E-state index >= 15 is 0 Å². The van der Waals surface area contributed by atoms with E-state index in [0.29, 0.717) is 5.56 Å². The lowest BCUT2D eigenvalue weighted by Gasteiger charge is -2.26. The minimum Gasteiger partial charge on any atom is -0.390 e. The second-order valence-corrected chi connectivity index (χ2v) is 9.62. The molecule has 2 atom stereocenters. The summed E-state index contributed by atoms with van der Waals surface area (Å²) in [5, 5.41) is 9.83. The van der Waals surface area contributed by atoms with Gasteiger partial charge in [0, 0.05) is 7.05 Å². The van der Waals surface area contributed by atoms with Gasteiger partial charge in [-0.25, -0.2) is 16.8 Å². The molecule has 0 bridgehead atoms. The monoisotopic (exact) mass is 333 g/mol. The van der Waals surface area contributed by atoms with Crippen LogP contribution in [0.25, 0.3) is 0 Å². The van der Waals surface area contributed by atoms with Crippen LogP contribution in [-0.4, -0.2) is 56.9 Å². The molecule has 0 spiro atoms. The predicted octanol–water partition coefficient (Wildman–Crippen LogP) is 0.0818. The number of sulfonamides is 1. The van der Waals surface area contributed by atoms with Crippen LogP contribution in [0.2, 0.25) is 0 Å². The van der Waals surface area contributed by atoms with Crippen molar-refractivity contribution in [2.75, 3.05) is 18.6 Å². The summed E-state index contributed by atoms with van der Waals surface area (Å²) in [6, 6.07) is 4.01. The average molecular weight is 333 g/mol. The smallest absolute Gasteiger partial charge is 0.243 e. The fourth-order valence-corrected chi connectivity index (χ4v) is 6.11. The van der Waals surface area contributed by atoms with E-state index in [1.54, 1.807) is 19.1 Å². The standard InChI is InChI=1S/C13H19NO5S2/c1-9-4-5-13(10(2)6-9)21(18,19)14(3)11-7-20(16,17)8-12(11)15/h4-6,11-12,15H,7-8H2,1-3H3/t11-,12-/m0/s1. The molecule has 1 N–H and O–H groups in total. The number of benzene rings is 1. The highest BCUT2D eigenvalue weighted by Crippen LogP contribution is 2.26. The number of hydrogen-bond donors (Lipinski definition) is 1. The number of nitrogens with zero attached hydrogens (tertiary/aromatic N) is 1. The van der Waals surface area contributed by atoms with Crippen molar-refractivity contribution >= 4 is 19.9 Å². The van der Waals surface area contributed by atoms with E-state index in [1.807, 2.05) is 6.92 Å². The molecule has 0 aromatic heterocycles. The molecule has 0 radical (unpaired) electrons. The molecule has 0 unspecified atom stereocenters. The van der Waals surface area contributed by atoms with Gasteiger partial charge in [0.2, 0.25) is 10.0 Å². The molecule has 0 amide bonds. The van der Waals surface area contributed by atoms with Gasteiger partial charge in [0.1, 0.15) is 0 Å². The van der Waals surface area contributed by atoms with E-state index in [2.05, 4.69) is 0 Å². The lowest BCUT2D eigenvalue weighted by atomic mass is 10.2. The van der Waals surface area contributed by atoms with Gasteiger partial charge < -0.3 is 5.11 Å². The fourth-order valence-electron chi connectivity index (χ4n) is 2.58. The zero-order valence-corrected chi connectivity index (χ0v) is 13.8. The third-order valence-corrected chi connectivity index (χ3v) is 7.49. The molecule has 8 heteroatoms. The van der Waals surface area contributed by atoms with Crippen LogP contribution >= 0.6 is 0 Å². The first kappa shape index (κ1) is 16.4. The summed E-state index contributed by atoms with van der Waals surface area (Å²) in [5.74, 6) is -0.751. The zero-order valence-electron chi connectivity index (χ0n) is 12.1. The lowest BCUT2D eigenvalue weighted by Crippen LogP contribution is -2.44. The molecule has 6 nitrogen and oxygen atoms in total. The van der Waals surface area contributed by atoms with Gasteiger partial charge in [-0.3, -0.25) is 0 Å². The molecule has 1 saturated heterocycles.